The molecule has 0 radical (unpaired) electrons. The fourth-order valence-corrected chi connectivity index (χ4v) is 1.73. The van der Waals surface area contributed by atoms with Crippen LogP contribution >= 0.6 is 0 Å². The van der Waals surface area contributed by atoms with Gasteiger partial charge in [0, 0.05) is 24.5 Å². The van der Waals surface area contributed by atoms with E-state index >= 15 is 0 Å². The molecule has 0 N–H and O–H groups in total. The van der Waals surface area contributed by atoms with Gasteiger partial charge in [0.1, 0.15) is 0 Å². The first-order chi connectivity index (χ1) is 9.25. The Morgan fingerprint density at radius 1 is 1.11 bits per heavy atom. The molecule has 4 nitrogen and oxygen atoms in total. The van der Waals surface area contributed by atoms with Crippen molar-refractivity contribution in [3.05, 3.63) is 76.1 Å². The smallest absolute Gasteiger partial charge is 0.265 e. The van der Waals surface area contributed by atoms with E-state index in [0.717, 1.165) is 24.0 Å². The van der Waals surface area contributed by atoms with E-state index in [4.69, 9.17) is 0 Å². The van der Waals surface area contributed by atoms with Crippen molar-refractivity contribution in [1.29, 1.82) is 0 Å². The molecule has 19 heavy (non-hydrogen) atoms. The largest absolute Gasteiger partial charge is 0.269 e. The number of pyridine rings is 1. The third-order valence-corrected chi connectivity index (χ3v) is 2.76. The Morgan fingerprint density at radius 3 is 2.42 bits per heavy atom. The Labute approximate surface area is 111 Å². The Balaban J connectivity index is 1.86. The van der Waals surface area contributed by atoms with Crippen LogP contribution in [0.4, 0.5) is 5.69 Å². The zero-order valence-electron chi connectivity index (χ0n) is 10.4. The molecule has 0 amide bonds. The molecule has 0 fully saturated rings. The fraction of sp³-hybridized carbons (Fsp3) is 0.133. The molecular formula is C15H14N2O2. The van der Waals surface area contributed by atoms with Crippen LogP contribution in [0, 0.1) is 10.1 Å². The zero-order chi connectivity index (χ0) is 13.5. The molecule has 0 aliphatic rings. The first kappa shape index (κ1) is 13.0. The van der Waals surface area contributed by atoms with Gasteiger partial charge >= 0.3 is 0 Å². The first-order valence-corrected chi connectivity index (χ1v) is 6.05. The minimum absolute atomic E-state index is 0.135. The summed E-state index contributed by atoms with van der Waals surface area (Å²) in [6.45, 7) is 0. The minimum Gasteiger partial charge on any atom is -0.265 e. The summed E-state index contributed by atoms with van der Waals surface area (Å²) >= 11 is 0. The monoisotopic (exact) mass is 254 g/mol. The molecule has 2 aromatic rings. The topological polar surface area (TPSA) is 56.0 Å². The Bertz CT molecular complexity index is 562. The van der Waals surface area contributed by atoms with Crippen LogP contribution in [0.15, 0.2) is 54.9 Å². The van der Waals surface area contributed by atoms with E-state index in [0.29, 0.717) is 0 Å². The third kappa shape index (κ3) is 4.03. The van der Waals surface area contributed by atoms with E-state index in [1.54, 1.807) is 36.7 Å². The number of allylic oxidation sites excluding steroid dienone is 1. The maximum atomic E-state index is 10.5. The molecule has 2 rings (SSSR count). The molecule has 0 atom stereocenters. The maximum Gasteiger partial charge on any atom is 0.269 e. The highest BCUT2D eigenvalue weighted by Gasteiger charge is 2.02. The lowest BCUT2D eigenvalue weighted by molar-refractivity contribution is -0.384. The maximum absolute atomic E-state index is 10.5. The normalized spacial score (nSPS) is 10.7. The van der Waals surface area contributed by atoms with E-state index in [1.807, 2.05) is 18.2 Å². The van der Waals surface area contributed by atoms with Gasteiger partial charge in [-0.3, -0.25) is 15.1 Å². The average Bonchev–Trinajstić information content (AvgIpc) is 2.45. The van der Waals surface area contributed by atoms with Crippen LogP contribution in [-0.2, 0) is 6.42 Å². The summed E-state index contributed by atoms with van der Waals surface area (Å²) in [7, 11) is 0. The van der Waals surface area contributed by atoms with Crippen LogP contribution in [0.5, 0.6) is 0 Å². The van der Waals surface area contributed by atoms with Crippen LogP contribution in [0.1, 0.15) is 17.5 Å². The lowest BCUT2D eigenvalue weighted by Gasteiger charge is -1.98. The number of benzene rings is 1. The van der Waals surface area contributed by atoms with Crippen LogP contribution in [0.3, 0.4) is 0 Å². The minimum atomic E-state index is -0.382. The van der Waals surface area contributed by atoms with Crippen molar-refractivity contribution in [2.45, 2.75) is 12.8 Å². The third-order valence-electron chi connectivity index (χ3n) is 2.76. The summed E-state index contributed by atoms with van der Waals surface area (Å²) in [5.74, 6) is 0. The molecule has 0 saturated heterocycles. The molecular weight excluding hydrogens is 240 g/mol. The number of aryl methyl sites for hydroxylation is 1. The SMILES string of the molecule is O=[N+]([O-])c1ccc(CCC=Cc2ccncc2)cc1. The van der Waals surface area contributed by atoms with E-state index in [9.17, 15) is 10.1 Å². The van der Waals surface area contributed by atoms with Gasteiger partial charge in [-0.1, -0.05) is 24.3 Å². The molecule has 0 unspecified atom stereocenters. The van der Waals surface area contributed by atoms with E-state index < -0.39 is 0 Å². The predicted molar refractivity (Wildman–Crippen MR) is 74.7 cm³/mol. The number of nitrogens with zero attached hydrogens (tertiary/aromatic N) is 2. The van der Waals surface area contributed by atoms with E-state index in [2.05, 4.69) is 11.1 Å². The van der Waals surface area contributed by atoms with Crippen LogP contribution < -0.4 is 0 Å². The molecule has 1 aromatic carbocycles. The highest BCUT2D eigenvalue weighted by molar-refractivity contribution is 5.47. The van der Waals surface area contributed by atoms with Gasteiger partial charge in [0.15, 0.2) is 0 Å². The molecule has 0 spiro atoms. The van der Waals surface area contributed by atoms with Crippen LogP contribution in [-0.4, -0.2) is 9.91 Å². The Kier molecular flexibility index (Phi) is 4.39. The molecule has 1 aromatic heterocycles. The van der Waals surface area contributed by atoms with E-state index in [1.165, 1.54) is 0 Å². The summed E-state index contributed by atoms with van der Waals surface area (Å²) in [5.41, 5.74) is 2.36. The zero-order valence-corrected chi connectivity index (χ0v) is 10.4. The Hall–Kier alpha value is -2.49. The van der Waals surface area contributed by atoms with Crippen molar-refractivity contribution in [3.63, 3.8) is 0 Å². The second-order valence-corrected chi connectivity index (χ2v) is 4.15. The predicted octanol–water partition coefficient (Wildman–Crippen LogP) is 3.64. The second kappa shape index (κ2) is 6.44. The summed E-state index contributed by atoms with van der Waals surface area (Å²) < 4.78 is 0. The van der Waals surface area contributed by atoms with Crippen molar-refractivity contribution < 1.29 is 4.92 Å². The fourth-order valence-electron chi connectivity index (χ4n) is 1.73. The highest BCUT2D eigenvalue weighted by atomic mass is 16.6. The first-order valence-electron chi connectivity index (χ1n) is 6.05. The molecule has 4 heteroatoms. The van der Waals surface area contributed by atoms with Gasteiger partial charge in [0.05, 0.1) is 4.92 Å². The average molecular weight is 254 g/mol. The lowest BCUT2D eigenvalue weighted by Crippen LogP contribution is -1.88. The molecule has 0 aliphatic carbocycles. The summed E-state index contributed by atoms with van der Waals surface area (Å²) in [4.78, 5) is 14.1. The van der Waals surface area contributed by atoms with Gasteiger partial charge in [-0.25, -0.2) is 0 Å². The number of hydrogen-bond donors (Lipinski definition) is 0. The number of non-ortho nitro benzene ring substituents is 1. The van der Waals surface area contributed by atoms with Crippen LogP contribution in [0.25, 0.3) is 6.08 Å². The molecule has 0 bridgehead atoms. The van der Waals surface area contributed by atoms with Crippen molar-refractivity contribution in [2.24, 2.45) is 0 Å². The summed E-state index contributed by atoms with van der Waals surface area (Å²) in [5, 5.41) is 10.5. The molecule has 96 valence electrons. The highest BCUT2D eigenvalue weighted by Crippen LogP contribution is 2.13. The standard InChI is InChI=1S/C15H14N2O2/c18-17(19)15-7-5-13(6-8-15)3-1-2-4-14-9-11-16-12-10-14/h2,4-12H,1,3H2. The summed E-state index contributed by atoms with van der Waals surface area (Å²) in [6, 6.07) is 10.6. The van der Waals surface area contributed by atoms with Gasteiger partial charge in [0.25, 0.3) is 5.69 Å². The van der Waals surface area contributed by atoms with Crippen molar-refractivity contribution in [2.75, 3.05) is 0 Å². The van der Waals surface area contributed by atoms with Crippen LogP contribution in [0.2, 0.25) is 0 Å². The lowest BCUT2D eigenvalue weighted by atomic mass is 10.1. The molecule has 0 saturated carbocycles. The second-order valence-electron chi connectivity index (χ2n) is 4.15. The molecule has 1 heterocycles. The van der Waals surface area contributed by atoms with Gasteiger partial charge < -0.3 is 0 Å². The van der Waals surface area contributed by atoms with Crippen molar-refractivity contribution in [1.82, 2.24) is 4.98 Å². The number of hydrogen-bond acceptors (Lipinski definition) is 3. The number of rotatable bonds is 5. The van der Waals surface area contributed by atoms with Gasteiger partial charge in [-0.15, -0.1) is 0 Å². The van der Waals surface area contributed by atoms with Crippen molar-refractivity contribution >= 4 is 11.8 Å². The number of nitro benzene ring substituents is 1. The number of nitro groups is 1. The van der Waals surface area contributed by atoms with E-state index in [-0.39, 0.29) is 10.6 Å². The Morgan fingerprint density at radius 2 is 1.79 bits per heavy atom. The quantitative estimate of drug-likeness (QED) is 0.604. The van der Waals surface area contributed by atoms with Gasteiger partial charge in [-0.05, 0) is 36.1 Å². The van der Waals surface area contributed by atoms with Crippen molar-refractivity contribution in [3.8, 4) is 0 Å². The summed E-state index contributed by atoms with van der Waals surface area (Å²) in [6.07, 6.45) is 9.44. The number of aromatic nitrogens is 1. The van der Waals surface area contributed by atoms with Gasteiger partial charge in [-0.2, -0.15) is 0 Å². The molecule has 0 aliphatic heterocycles. The van der Waals surface area contributed by atoms with Gasteiger partial charge in [0.2, 0.25) is 0 Å².